The maximum atomic E-state index is 12.4. The van der Waals surface area contributed by atoms with Gasteiger partial charge in [-0.15, -0.1) is 23.0 Å². The number of benzene rings is 3. The van der Waals surface area contributed by atoms with E-state index in [1.54, 1.807) is 12.1 Å². The number of allylic oxidation sites excluding steroid dienone is 1. The first-order chi connectivity index (χ1) is 15.2. The largest absolute Gasteiger partial charge is 0.311 e. The van der Waals surface area contributed by atoms with E-state index in [4.69, 9.17) is 0 Å². The van der Waals surface area contributed by atoms with Gasteiger partial charge in [-0.2, -0.15) is 0 Å². The summed E-state index contributed by atoms with van der Waals surface area (Å²) >= 11 is 4.85. The number of rotatable bonds is 6. The zero-order chi connectivity index (χ0) is 21.6. The summed E-state index contributed by atoms with van der Waals surface area (Å²) in [5, 5.41) is 6.40. The number of nitrogens with one attached hydrogen (secondary N) is 1. The van der Waals surface area contributed by atoms with Crippen molar-refractivity contribution >= 4 is 33.2 Å². The summed E-state index contributed by atoms with van der Waals surface area (Å²) in [6.07, 6.45) is 1.82. The quantitative estimate of drug-likeness (QED) is 0.259. The van der Waals surface area contributed by atoms with E-state index in [9.17, 15) is 4.79 Å². The fraction of sp³-hybridized carbons (Fsp3) is 0.0400. The highest BCUT2D eigenvalue weighted by atomic mass is 79.9. The van der Waals surface area contributed by atoms with Gasteiger partial charge in [-0.05, 0) is 41.0 Å². The second-order valence-electron chi connectivity index (χ2n) is 6.81. The molecule has 3 aromatic carbocycles. The van der Waals surface area contributed by atoms with Crippen LogP contribution < -0.4 is 10.2 Å². The maximum Gasteiger partial charge on any atom is 0.271 e. The van der Waals surface area contributed by atoms with Crippen LogP contribution in [0.5, 0.6) is 0 Å². The molecule has 4 rings (SSSR count). The van der Waals surface area contributed by atoms with Gasteiger partial charge in [0.05, 0.1) is 5.69 Å². The maximum absolute atomic E-state index is 12.4. The van der Waals surface area contributed by atoms with E-state index < -0.39 is 0 Å². The molecule has 1 heterocycles. The van der Waals surface area contributed by atoms with Gasteiger partial charge in [0.2, 0.25) is 4.80 Å². The van der Waals surface area contributed by atoms with Gasteiger partial charge in [0.25, 0.3) is 5.91 Å². The van der Waals surface area contributed by atoms with Crippen LogP contribution in [0.25, 0.3) is 22.4 Å². The highest BCUT2D eigenvalue weighted by Crippen LogP contribution is 2.25. The van der Waals surface area contributed by atoms with E-state index in [-0.39, 0.29) is 5.91 Å². The number of hydrogen-bond donors (Lipinski definition) is 1. The Morgan fingerprint density at radius 2 is 1.61 bits per heavy atom. The van der Waals surface area contributed by atoms with Crippen LogP contribution in [-0.2, 0) is 6.54 Å². The summed E-state index contributed by atoms with van der Waals surface area (Å²) in [5.41, 5.74) is 7.67. The van der Waals surface area contributed by atoms with Crippen LogP contribution in [0.15, 0.2) is 106 Å². The molecule has 31 heavy (non-hydrogen) atoms. The standard InChI is InChI=1S/C25H20BrN3OS/c1-2-16-29-23(20-10-8-19(9-11-20)18-6-4-3-5-7-18)17-31-25(29)28-27-24(30)21-12-14-22(26)15-13-21/h2-15,17H,1,16H2,(H,27,30)/b28-25-. The third-order valence-corrected chi connectivity index (χ3v) is 6.15. The molecular formula is C25H20BrN3OS. The average molecular weight is 490 g/mol. The van der Waals surface area contributed by atoms with Crippen LogP contribution in [0.4, 0.5) is 0 Å². The van der Waals surface area contributed by atoms with Crippen molar-refractivity contribution < 1.29 is 4.79 Å². The third kappa shape index (κ3) is 4.93. The van der Waals surface area contributed by atoms with Crippen molar-refractivity contribution in [3.8, 4) is 22.4 Å². The Morgan fingerprint density at radius 1 is 0.968 bits per heavy atom. The van der Waals surface area contributed by atoms with Crippen molar-refractivity contribution in [2.24, 2.45) is 5.10 Å². The molecule has 0 bridgehead atoms. The van der Waals surface area contributed by atoms with E-state index in [1.807, 2.05) is 46.4 Å². The lowest BCUT2D eigenvalue weighted by atomic mass is 10.0. The van der Waals surface area contributed by atoms with E-state index >= 15 is 0 Å². The summed E-state index contributed by atoms with van der Waals surface area (Å²) in [4.78, 5) is 13.1. The molecule has 0 fully saturated rings. The molecule has 0 unspecified atom stereocenters. The molecule has 4 aromatic rings. The van der Waals surface area contributed by atoms with Gasteiger partial charge in [0, 0.05) is 22.0 Å². The molecule has 0 atom stereocenters. The lowest BCUT2D eigenvalue weighted by Crippen LogP contribution is -2.24. The van der Waals surface area contributed by atoms with E-state index in [1.165, 1.54) is 22.5 Å². The number of carbonyl (C=O) groups excluding carboxylic acids is 1. The molecule has 1 aromatic heterocycles. The Bertz CT molecular complexity index is 1260. The zero-order valence-corrected chi connectivity index (χ0v) is 19.1. The average Bonchev–Trinajstić information content (AvgIpc) is 3.21. The van der Waals surface area contributed by atoms with Crippen LogP contribution in [0.3, 0.4) is 0 Å². The molecule has 1 N–H and O–H groups in total. The molecule has 0 saturated heterocycles. The second-order valence-corrected chi connectivity index (χ2v) is 8.56. The van der Waals surface area contributed by atoms with Gasteiger partial charge < -0.3 is 4.57 Å². The minimum atomic E-state index is -0.250. The molecule has 154 valence electrons. The fourth-order valence-corrected chi connectivity index (χ4v) is 4.33. The fourth-order valence-electron chi connectivity index (χ4n) is 3.18. The third-order valence-electron chi connectivity index (χ3n) is 4.76. The molecule has 0 saturated carbocycles. The van der Waals surface area contributed by atoms with Crippen LogP contribution in [-0.4, -0.2) is 10.5 Å². The van der Waals surface area contributed by atoms with Crippen molar-refractivity contribution in [2.75, 3.05) is 0 Å². The van der Waals surface area contributed by atoms with Gasteiger partial charge >= 0.3 is 0 Å². The number of amides is 1. The Morgan fingerprint density at radius 3 is 2.29 bits per heavy atom. The minimum Gasteiger partial charge on any atom is -0.311 e. The molecule has 0 aliphatic heterocycles. The molecule has 0 spiro atoms. The predicted octanol–water partition coefficient (Wildman–Crippen LogP) is 6.08. The zero-order valence-electron chi connectivity index (χ0n) is 16.7. The number of nitrogens with zero attached hydrogens (tertiary/aromatic N) is 2. The first-order valence-corrected chi connectivity index (χ1v) is 11.4. The number of hydrogen-bond acceptors (Lipinski definition) is 3. The Balaban J connectivity index is 1.61. The van der Waals surface area contributed by atoms with Gasteiger partial charge in [-0.3, -0.25) is 4.79 Å². The number of halogens is 1. The van der Waals surface area contributed by atoms with Crippen molar-refractivity contribution in [3.05, 3.63) is 112 Å². The van der Waals surface area contributed by atoms with Gasteiger partial charge in [0.15, 0.2) is 0 Å². The number of aromatic nitrogens is 1. The Labute approximate surface area is 193 Å². The Kier molecular flexibility index (Phi) is 6.60. The Hall–Kier alpha value is -3.22. The molecule has 0 aliphatic rings. The lowest BCUT2D eigenvalue weighted by Gasteiger charge is -2.08. The SMILES string of the molecule is C=CCn1c(-c2ccc(-c3ccccc3)cc2)cs/c1=N\NC(=O)c1ccc(Br)cc1. The monoisotopic (exact) mass is 489 g/mol. The highest BCUT2D eigenvalue weighted by molar-refractivity contribution is 9.10. The van der Waals surface area contributed by atoms with Crippen molar-refractivity contribution in [1.82, 2.24) is 9.99 Å². The number of carbonyl (C=O) groups is 1. The summed E-state index contributed by atoms with van der Waals surface area (Å²) < 4.78 is 2.96. The summed E-state index contributed by atoms with van der Waals surface area (Å²) in [5.74, 6) is -0.250. The molecule has 0 radical (unpaired) electrons. The lowest BCUT2D eigenvalue weighted by molar-refractivity contribution is 0.0953. The van der Waals surface area contributed by atoms with Crippen molar-refractivity contribution in [3.63, 3.8) is 0 Å². The minimum absolute atomic E-state index is 0.250. The van der Waals surface area contributed by atoms with Crippen LogP contribution >= 0.6 is 27.3 Å². The van der Waals surface area contributed by atoms with E-state index in [0.29, 0.717) is 16.9 Å². The molecule has 6 heteroatoms. The summed E-state index contributed by atoms with van der Waals surface area (Å²) in [7, 11) is 0. The van der Waals surface area contributed by atoms with Crippen LogP contribution in [0, 0.1) is 0 Å². The van der Waals surface area contributed by atoms with Gasteiger partial charge in [-0.25, -0.2) is 5.43 Å². The van der Waals surface area contributed by atoms with Gasteiger partial charge in [0.1, 0.15) is 0 Å². The second kappa shape index (κ2) is 9.73. The normalized spacial score (nSPS) is 11.3. The predicted molar refractivity (Wildman–Crippen MR) is 131 cm³/mol. The first-order valence-electron chi connectivity index (χ1n) is 9.70. The van der Waals surface area contributed by atoms with E-state index in [2.05, 4.69) is 69.4 Å². The van der Waals surface area contributed by atoms with Crippen molar-refractivity contribution in [2.45, 2.75) is 6.54 Å². The summed E-state index contributed by atoms with van der Waals surface area (Å²) in [6, 6.07) is 25.9. The van der Waals surface area contributed by atoms with Crippen LogP contribution in [0.2, 0.25) is 0 Å². The molecule has 1 amide bonds. The highest BCUT2D eigenvalue weighted by Gasteiger charge is 2.09. The molecular weight excluding hydrogens is 470 g/mol. The van der Waals surface area contributed by atoms with Crippen LogP contribution in [0.1, 0.15) is 10.4 Å². The molecule has 0 aliphatic carbocycles. The topological polar surface area (TPSA) is 46.4 Å². The molecule has 4 nitrogen and oxygen atoms in total. The van der Waals surface area contributed by atoms with Crippen molar-refractivity contribution in [1.29, 1.82) is 0 Å². The first kappa shape index (κ1) is 21.0. The smallest absolute Gasteiger partial charge is 0.271 e. The van der Waals surface area contributed by atoms with E-state index in [0.717, 1.165) is 15.7 Å². The van der Waals surface area contributed by atoms with Gasteiger partial charge in [-0.1, -0.05) is 76.6 Å². The summed E-state index contributed by atoms with van der Waals surface area (Å²) in [6.45, 7) is 4.46. The number of thiazole rings is 1.